The predicted octanol–water partition coefficient (Wildman–Crippen LogP) is 3.79. The van der Waals surface area contributed by atoms with Crippen LogP contribution in [-0.2, 0) is 0 Å². The third-order valence-corrected chi connectivity index (χ3v) is 5.02. The van der Waals surface area contributed by atoms with E-state index in [0.717, 1.165) is 48.9 Å². The summed E-state index contributed by atoms with van der Waals surface area (Å²) in [5, 5.41) is 8.59. The molecular formula is C17H21ClN2OS. The molecule has 1 aliphatic heterocycles. The Morgan fingerprint density at radius 2 is 2.18 bits per heavy atom. The fraction of sp³-hybridized carbons (Fsp3) is 0.412. The van der Waals surface area contributed by atoms with Gasteiger partial charge in [-0.3, -0.25) is 4.90 Å². The number of hydrogen-bond donors (Lipinski definition) is 1. The Bertz CT molecular complexity index is 595. The van der Waals surface area contributed by atoms with E-state index < -0.39 is 0 Å². The molecule has 1 aromatic heterocycles. The highest BCUT2D eigenvalue weighted by Crippen LogP contribution is 2.37. The van der Waals surface area contributed by atoms with Gasteiger partial charge in [-0.05, 0) is 53.6 Å². The van der Waals surface area contributed by atoms with Crippen LogP contribution in [0.15, 0.2) is 35.0 Å². The van der Waals surface area contributed by atoms with Gasteiger partial charge >= 0.3 is 0 Å². The van der Waals surface area contributed by atoms with Gasteiger partial charge in [0.2, 0.25) is 0 Å². The van der Waals surface area contributed by atoms with E-state index in [4.69, 9.17) is 16.3 Å². The Labute approximate surface area is 140 Å². The maximum Gasteiger partial charge on any atom is 0.124 e. The molecule has 22 heavy (non-hydrogen) atoms. The fourth-order valence-electron chi connectivity index (χ4n) is 3.06. The smallest absolute Gasteiger partial charge is 0.124 e. The van der Waals surface area contributed by atoms with Crippen LogP contribution in [0.2, 0.25) is 5.02 Å². The molecule has 1 N–H and O–H groups in total. The summed E-state index contributed by atoms with van der Waals surface area (Å²) >= 11 is 8.00. The highest BCUT2D eigenvalue weighted by Gasteiger charge is 2.26. The molecular weight excluding hydrogens is 316 g/mol. The molecule has 0 bridgehead atoms. The molecule has 1 atom stereocenters. The van der Waals surface area contributed by atoms with Gasteiger partial charge in [0, 0.05) is 30.2 Å². The van der Waals surface area contributed by atoms with Crippen molar-refractivity contribution in [1.82, 2.24) is 10.2 Å². The highest BCUT2D eigenvalue weighted by atomic mass is 35.5. The van der Waals surface area contributed by atoms with E-state index in [2.05, 4.69) is 27.0 Å². The van der Waals surface area contributed by atoms with Crippen LogP contribution in [0.4, 0.5) is 0 Å². The number of nitrogens with zero attached hydrogens (tertiary/aromatic N) is 1. The van der Waals surface area contributed by atoms with Crippen LogP contribution in [0.1, 0.15) is 23.6 Å². The molecule has 1 aromatic carbocycles. The Hall–Kier alpha value is -1.07. The van der Waals surface area contributed by atoms with E-state index in [-0.39, 0.29) is 6.04 Å². The zero-order valence-electron chi connectivity index (χ0n) is 12.7. The minimum atomic E-state index is 0.194. The topological polar surface area (TPSA) is 24.5 Å². The quantitative estimate of drug-likeness (QED) is 0.919. The van der Waals surface area contributed by atoms with Crippen molar-refractivity contribution in [2.24, 2.45) is 0 Å². The largest absolute Gasteiger partial charge is 0.496 e. The van der Waals surface area contributed by atoms with E-state index in [0.29, 0.717) is 0 Å². The molecule has 0 amide bonds. The molecule has 1 unspecified atom stereocenters. The van der Waals surface area contributed by atoms with Crippen LogP contribution in [0, 0.1) is 0 Å². The van der Waals surface area contributed by atoms with E-state index in [1.807, 2.05) is 18.2 Å². The van der Waals surface area contributed by atoms with Gasteiger partial charge in [-0.2, -0.15) is 11.3 Å². The average Bonchev–Trinajstić information content (AvgIpc) is 2.91. The van der Waals surface area contributed by atoms with Crippen molar-refractivity contribution in [1.29, 1.82) is 0 Å². The first-order valence-corrected chi connectivity index (χ1v) is 8.92. The Morgan fingerprint density at radius 1 is 1.27 bits per heavy atom. The van der Waals surface area contributed by atoms with Crippen LogP contribution in [0.5, 0.6) is 5.75 Å². The first-order chi connectivity index (χ1) is 10.8. The van der Waals surface area contributed by atoms with Crippen molar-refractivity contribution in [3.05, 3.63) is 51.2 Å². The number of rotatable bonds is 4. The Morgan fingerprint density at radius 3 is 2.95 bits per heavy atom. The summed E-state index contributed by atoms with van der Waals surface area (Å²) in [7, 11) is 1.72. The third kappa shape index (κ3) is 3.46. The molecule has 2 heterocycles. The summed E-state index contributed by atoms with van der Waals surface area (Å²) < 4.78 is 5.60. The van der Waals surface area contributed by atoms with Gasteiger partial charge in [0.15, 0.2) is 0 Å². The second-order valence-electron chi connectivity index (χ2n) is 5.49. The first-order valence-electron chi connectivity index (χ1n) is 7.60. The monoisotopic (exact) mass is 336 g/mol. The normalized spacial score (nSPS) is 17.9. The summed E-state index contributed by atoms with van der Waals surface area (Å²) in [5.74, 6) is 0.901. The summed E-state index contributed by atoms with van der Waals surface area (Å²) in [4.78, 5) is 2.52. The molecule has 0 aliphatic carbocycles. The molecule has 1 fully saturated rings. The van der Waals surface area contributed by atoms with E-state index in [9.17, 15) is 0 Å². The summed E-state index contributed by atoms with van der Waals surface area (Å²) in [6, 6.07) is 8.29. The minimum absolute atomic E-state index is 0.194. The zero-order chi connectivity index (χ0) is 15.4. The van der Waals surface area contributed by atoms with Gasteiger partial charge in [-0.25, -0.2) is 0 Å². The predicted molar refractivity (Wildman–Crippen MR) is 93.2 cm³/mol. The Balaban J connectivity index is 2.03. The first kappa shape index (κ1) is 15.8. The van der Waals surface area contributed by atoms with Gasteiger partial charge in [0.1, 0.15) is 5.75 Å². The van der Waals surface area contributed by atoms with Gasteiger partial charge in [-0.1, -0.05) is 11.6 Å². The van der Waals surface area contributed by atoms with Crippen molar-refractivity contribution >= 4 is 22.9 Å². The number of hydrogen-bond acceptors (Lipinski definition) is 4. The van der Waals surface area contributed by atoms with Crippen LogP contribution < -0.4 is 10.1 Å². The highest BCUT2D eigenvalue weighted by molar-refractivity contribution is 7.08. The van der Waals surface area contributed by atoms with Crippen molar-refractivity contribution in [3.8, 4) is 5.75 Å². The van der Waals surface area contributed by atoms with Crippen molar-refractivity contribution in [2.75, 3.05) is 33.3 Å². The molecule has 2 aromatic rings. The standard InChI is InChI=1S/C17H21ClN2OS/c1-21-16-4-3-14(18)11-15(16)17(13-5-10-22-12-13)20-8-2-6-19-7-9-20/h3-5,10-12,17,19H,2,6-9H2,1H3. The second kappa shape index (κ2) is 7.47. The molecule has 5 heteroatoms. The lowest BCUT2D eigenvalue weighted by Gasteiger charge is -2.31. The number of thiophene rings is 1. The number of benzene rings is 1. The summed E-state index contributed by atoms with van der Waals surface area (Å²) in [6.07, 6.45) is 1.16. The molecule has 1 saturated heterocycles. The van der Waals surface area contributed by atoms with Crippen LogP contribution >= 0.6 is 22.9 Å². The lowest BCUT2D eigenvalue weighted by Crippen LogP contribution is -2.33. The van der Waals surface area contributed by atoms with E-state index >= 15 is 0 Å². The maximum atomic E-state index is 6.27. The van der Waals surface area contributed by atoms with Crippen LogP contribution in [0.3, 0.4) is 0 Å². The summed E-state index contributed by atoms with van der Waals surface area (Å²) in [6.45, 7) is 4.20. The fourth-order valence-corrected chi connectivity index (χ4v) is 3.92. The Kier molecular flexibility index (Phi) is 5.37. The molecule has 3 nitrogen and oxygen atoms in total. The minimum Gasteiger partial charge on any atom is -0.496 e. The van der Waals surface area contributed by atoms with Crippen molar-refractivity contribution < 1.29 is 4.74 Å². The SMILES string of the molecule is COc1ccc(Cl)cc1C(c1ccsc1)N1CCCNCC1. The van der Waals surface area contributed by atoms with E-state index in [1.54, 1.807) is 18.4 Å². The van der Waals surface area contributed by atoms with Crippen molar-refractivity contribution in [3.63, 3.8) is 0 Å². The average molecular weight is 337 g/mol. The molecule has 1 aliphatic rings. The van der Waals surface area contributed by atoms with Gasteiger partial charge in [-0.15, -0.1) is 0 Å². The van der Waals surface area contributed by atoms with E-state index in [1.165, 1.54) is 5.56 Å². The molecule has 0 radical (unpaired) electrons. The maximum absolute atomic E-state index is 6.27. The number of methoxy groups -OCH3 is 1. The molecule has 3 rings (SSSR count). The molecule has 118 valence electrons. The van der Waals surface area contributed by atoms with Gasteiger partial charge < -0.3 is 10.1 Å². The second-order valence-corrected chi connectivity index (χ2v) is 6.70. The van der Waals surface area contributed by atoms with Crippen LogP contribution in [-0.4, -0.2) is 38.2 Å². The number of nitrogens with one attached hydrogen (secondary N) is 1. The summed E-state index contributed by atoms with van der Waals surface area (Å²) in [5.41, 5.74) is 2.46. The molecule has 0 saturated carbocycles. The van der Waals surface area contributed by atoms with Crippen molar-refractivity contribution in [2.45, 2.75) is 12.5 Å². The zero-order valence-corrected chi connectivity index (χ0v) is 14.3. The number of halogens is 1. The van der Waals surface area contributed by atoms with Gasteiger partial charge in [0.05, 0.1) is 13.2 Å². The molecule has 0 spiro atoms. The third-order valence-electron chi connectivity index (χ3n) is 4.09. The van der Waals surface area contributed by atoms with Gasteiger partial charge in [0.25, 0.3) is 0 Å². The van der Waals surface area contributed by atoms with Crippen LogP contribution in [0.25, 0.3) is 0 Å². The lowest BCUT2D eigenvalue weighted by molar-refractivity contribution is 0.236. The lowest BCUT2D eigenvalue weighted by atomic mass is 9.98. The number of ether oxygens (including phenoxy) is 1.